The predicted octanol–water partition coefficient (Wildman–Crippen LogP) is 32.1. The number of benzene rings is 12. The molecule has 0 aromatic heterocycles. The molecule has 18 nitrogen and oxygen atoms in total. The van der Waals surface area contributed by atoms with Crippen molar-refractivity contribution in [1.29, 1.82) is 0 Å². The van der Waals surface area contributed by atoms with Crippen LogP contribution in [0.15, 0.2) is 229 Å². The van der Waals surface area contributed by atoms with Crippen LogP contribution in [0.1, 0.15) is 186 Å². The number of amides is 6. The van der Waals surface area contributed by atoms with E-state index in [1.807, 2.05) is 13.0 Å². The van der Waals surface area contributed by atoms with E-state index in [4.69, 9.17) is 40.0 Å². The van der Waals surface area contributed by atoms with Crippen LogP contribution in [0.3, 0.4) is 0 Å². The first-order valence-electron chi connectivity index (χ1n) is 45.8. The lowest BCUT2D eigenvalue weighted by atomic mass is 10.1. The van der Waals surface area contributed by atoms with E-state index in [2.05, 4.69) is 70.4 Å². The van der Waals surface area contributed by atoms with Crippen LogP contribution in [-0.4, -0.2) is 35.4 Å². The molecule has 0 fully saturated rings. The highest BCUT2D eigenvalue weighted by Gasteiger charge is 2.40. The Labute approximate surface area is 875 Å². The van der Waals surface area contributed by atoms with Gasteiger partial charge in [0.2, 0.25) is 35.4 Å². The Morgan fingerprint density at radius 3 is 0.839 bits per heavy atom. The molecule has 0 aliphatic carbocycles. The van der Waals surface area contributed by atoms with Crippen LogP contribution in [0.25, 0.3) is 0 Å². The Hall–Kier alpha value is -13.6. The zero-order chi connectivity index (χ0) is 111. The number of carbonyl (C=O) groups excluding carboxylic acids is 6. The SMILES string of the molecule is CCC(=O)Nc1cccc(Br)c1COc1ccc(C)cc1C(F)(F)F.CCC(=O)Nc1cccc(C)c1COc1ccc(C)cc1C(F)(F)F.CCC(=O)Nc1cccc(Cl)c1COc1ccc(C)cc1C(F)(F)F.CCC(=O)Nc1cccc(F)c1COc1ccc(C)cc1C(F)(F)F.CCC(=O)Nc1cccc(I)c1COc1ccc(C)cc1C(F)(F)F.CCC(=O)Nc1ccccc1COc1ccc(C)cc1C(F)(F)F. The number of hydrogen-bond acceptors (Lipinski definition) is 12. The van der Waals surface area contributed by atoms with Crippen LogP contribution in [0.2, 0.25) is 5.02 Å². The van der Waals surface area contributed by atoms with E-state index in [1.165, 1.54) is 67.6 Å². The Balaban J connectivity index is 0.000000242. The van der Waals surface area contributed by atoms with Crippen molar-refractivity contribution in [3.05, 3.63) is 349 Å². The van der Waals surface area contributed by atoms with Crippen LogP contribution in [0, 0.1) is 57.9 Å². The van der Waals surface area contributed by atoms with E-state index in [9.17, 15) is 112 Å². The van der Waals surface area contributed by atoms with E-state index in [1.54, 1.807) is 191 Å². The van der Waals surface area contributed by atoms with Gasteiger partial charge in [0.15, 0.2) is 0 Å². The fraction of sp³-hybridized carbons (Fsp3) is 0.284. The third-order valence-electron chi connectivity index (χ3n) is 21.4. The van der Waals surface area contributed by atoms with Gasteiger partial charge in [-0.05, 0) is 210 Å². The Morgan fingerprint density at radius 1 is 0.275 bits per heavy atom. The van der Waals surface area contributed by atoms with Crippen molar-refractivity contribution in [3.8, 4) is 34.5 Å². The van der Waals surface area contributed by atoms with E-state index in [-0.39, 0.29) is 121 Å². The molecule has 12 aromatic carbocycles. The first-order chi connectivity index (χ1) is 69.9. The van der Waals surface area contributed by atoms with Gasteiger partial charge in [0, 0.05) is 113 Å². The molecule has 6 N–H and O–H groups in total. The summed E-state index contributed by atoms with van der Waals surface area (Å²) in [5, 5.41) is 16.4. The van der Waals surface area contributed by atoms with Crippen LogP contribution in [0.5, 0.6) is 34.5 Å². The molecular weight excluding hydrogens is 2190 g/mol. The van der Waals surface area contributed by atoms with E-state index >= 15 is 0 Å². The number of para-hydroxylation sites is 1. The summed E-state index contributed by atoms with van der Waals surface area (Å²) in [7, 11) is 0. The van der Waals surface area contributed by atoms with Crippen molar-refractivity contribution in [2.24, 2.45) is 0 Å². The number of ether oxygens (including phenoxy) is 6. The summed E-state index contributed by atoms with van der Waals surface area (Å²) < 4.78 is 285. The summed E-state index contributed by atoms with van der Waals surface area (Å²) >= 11 is 11.5. The minimum Gasteiger partial charge on any atom is -0.488 e. The number of hydrogen-bond donors (Lipinski definition) is 6. The van der Waals surface area contributed by atoms with E-state index < -0.39 is 88.6 Å². The fourth-order valence-corrected chi connectivity index (χ4v) is 14.7. The van der Waals surface area contributed by atoms with Crippen molar-refractivity contribution in [3.63, 3.8) is 0 Å². The third-order valence-corrected chi connectivity index (χ3v) is 23.5. The molecule has 0 aliphatic rings. The molecule has 12 rings (SSSR count). The van der Waals surface area contributed by atoms with Crippen molar-refractivity contribution >= 4 is 120 Å². The van der Waals surface area contributed by atoms with Crippen molar-refractivity contribution in [1.82, 2.24) is 0 Å². The molecule has 0 saturated carbocycles. The summed E-state index contributed by atoms with van der Waals surface area (Å²) in [5.41, 5.74) is 4.31. The maximum atomic E-state index is 14.1. The molecule has 0 spiro atoms. The molecule has 12 aromatic rings. The number of alkyl halides is 18. The lowest BCUT2D eigenvalue weighted by Gasteiger charge is -2.17. The maximum absolute atomic E-state index is 14.1. The van der Waals surface area contributed by atoms with Gasteiger partial charge in [-0.1, -0.05) is 193 Å². The molecule has 0 bridgehead atoms. The van der Waals surface area contributed by atoms with Crippen molar-refractivity contribution in [2.45, 2.75) is 205 Å². The number of halogens is 22. The van der Waals surface area contributed by atoms with Gasteiger partial charge in [-0.15, -0.1) is 0 Å². The van der Waals surface area contributed by atoms with Crippen LogP contribution >= 0.6 is 50.1 Å². The second-order valence-electron chi connectivity index (χ2n) is 32.9. The van der Waals surface area contributed by atoms with Gasteiger partial charge in [-0.3, -0.25) is 28.8 Å². The quantitative estimate of drug-likeness (QED) is 0.0182. The smallest absolute Gasteiger partial charge is 0.419 e. The highest BCUT2D eigenvalue weighted by molar-refractivity contribution is 14.1. The van der Waals surface area contributed by atoms with Crippen molar-refractivity contribution in [2.75, 3.05) is 31.9 Å². The summed E-state index contributed by atoms with van der Waals surface area (Å²) in [5.74, 6) is -3.55. The van der Waals surface area contributed by atoms with Crippen LogP contribution < -0.4 is 60.3 Å². The molecule has 0 atom stereocenters. The van der Waals surface area contributed by atoms with Crippen LogP contribution in [-0.2, 0) is 105 Å². The van der Waals surface area contributed by atoms with Gasteiger partial charge in [0.25, 0.3) is 0 Å². The van der Waals surface area contributed by atoms with Gasteiger partial charge in [-0.2, -0.15) is 79.0 Å². The molecule has 798 valence electrons. The molecule has 0 saturated heterocycles. The summed E-state index contributed by atoms with van der Waals surface area (Å²) in [6.45, 7) is 20.5. The number of aryl methyl sites for hydroxylation is 7. The topological polar surface area (TPSA) is 230 Å². The zero-order valence-corrected chi connectivity index (χ0v) is 87.1. The molecule has 0 radical (unpaired) electrons. The van der Waals surface area contributed by atoms with Gasteiger partial charge in [0.1, 0.15) is 80.0 Å². The standard InChI is InChI=1S/C19H20F3NO2.C18H17BrF3NO2.C18H17ClF3NO2.C18H17F4NO2.C18H17F3INO2.C18H18F3NO2/c1-4-18(24)23-16-7-5-6-13(3)14(16)11-25-17-9-8-12(2)10-15(17)19(20,21)22;3*1-3-17(24)23-15-6-4-5-14(19)12(15)10-25-16-8-7-11(2)9-13(16)18(20,21)22;1-3-17(24)23-15-6-4-5-14(22)12(15)10-25-16-8-7-11(2)9-13(16)18(19,20)21;1-3-17(23)22-15-7-5-4-6-13(15)11-24-16-9-8-12(2)10-14(16)18(19,20)21/h5-10H,4,11H2,1-3H3,(H,23,24);4*4-9H,3,10H2,1-2H3,(H,23,24);4-10H,3,11H2,1-2H3,(H,22,23). The molecule has 0 heterocycles. The highest BCUT2D eigenvalue weighted by atomic mass is 127. The molecule has 6 amide bonds. The zero-order valence-electron chi connectivity index (χ0n) is 82.6. The normalized spacial score (nSPS) is 11.3. The summed E-state index contributed by atoms with van der Waals surface area (Å²) in [6, 6.07) is 54.7. The highest BCUT2D eigenvalue weighted by Crippen LogP contribution is 2.45. The summed E-state index contributed by atoms with van der Waals surface area (Å²) in [4.78, 5) is 69.6. The van der Waals surface area contributed by atoms with Crippen molar-refractivity contribution < 1.29 is 141 Å². The Bertz CT molecular complexity index is 5860. The number of carbonyl (C=O) groups is 6. The lowest BCUT2D eigenvalue weighted by Crippen LogP contribution is -2.14. The van der Waals surface area contributed by atoms with Crippen LogP contribution in [0.4, 0.5) is 118 Å². The summed E-state index contributed by atoms with van der Waals surface area (Å²) in [6.07, 6.45) is -25.4. The fourth-order valence-electron chi connectivity index (χ4n) is 13.4. The van der Waals surface area contributed by atoms with Gasteiger partial charge >= 0.3 is 37.1 Å². The first kappa shape index (κ1) is 122. The second kappa shape index (κ2) is 56.2. The third kappa shape index (κ3) is 38.5. The Morgan fingerprint density at radius 2 is 0.510 bits per heavy atom. The molecule has 0 unspecified atom stereocenters. The molecule has 149 heavy (non-hydrogen) atoms. The van der Waals surface area contributed by atoms with Gasteiger partial charge in [-0.25, -0.2) is 4.39 Å². The van der Waals surface area contributed by atoms with E-state index in [0.29, 0.717) is 125 Å². The second-order valence-corrected chi connectivity index (χ2v) is 35.4. The Kier molecular flexibility index (Phi) is 46.1. The average Bonchev–Trinajstić information content (AvgIpc) is 0.810. The maximum Gasteiger partial charge on any atom is 0.419 e. The number of nitrogens with one attached hydrogen (secondary N) is 6. The van der Waals surface area contributed by atoms with Gasteiger partial charge in [0.05, 0.1) is 39.1 Å². The monoisotopic (exact) mass is 2290 g/mol. The molecular formula is C109H106BrClF19IN6O12. The first-order valence-corrected chi connectivity index (χ1v) is 48.0. The average molecular weight is 2300 g/mol. The minimum atomic E-state index is -4.59. The lowest BCUT2D eigenvalue weighted by molar-refractivity contribution is -0.139. The largest absolute Gasteiger partial charge is 0.488 e. The molecule has 0 aliphatic heterocycles. The molecule has 40 heteroatoms. The van der Waals surface area contributed by atoms with E-state index in [0.717, 1.165) is 51.6 Å². The number of anilines is 6. The predicted molar refractivity (Wildman–Crippen MR) is 545 cm³/mol. The number of rotatable bonds is 30. The van der Waals surface area contributed by atoms with Gasteiger partial charge < -0.3 is 60.3 Å². The minimum absolute atomic E-state index is 0.0157.